The Hall–Kier alpha value is -2.40. The molecule has 0 atom stereocenters. The molecule has 0 aliphatic rings. The lowest BCUT2D eigenvalue weighted by atomic mass is 10.1. The summed E-state index contributed by atoms with van der Waals surface area (Å²) in [5.41, 5.74) is 2.18. The maximum atomic E-state index is 5.53. The predicted octanol–water partition coefficient (Wildman–Crippen LogP) is 3.10. The van der Waals surface area contributed by atoms with Gasteiger partial charge in [-0.15, -0.1) is 0 Å². The van der Waals surface area contributed by atoms with E-state index in [0.717, 1.165) is 35.6 Å². The van der Waals surface area contributed by atoms with E-state index < -0.39 is 0 Å². The van der Waals surface area contributed by atoms with E-state index in [0.29, 0.717) is 6.54 Å². The highest BCUT2D eigenvalue weighted by Gasteiger charge is 2.14. The van der Waals surface area contributed by atoms with E-state index in [1.807, 2.05) is 18.2 Å². The van der Waals surface area contributed by atoms with Gasteiger partial charge in [0.15, 0.2) is 0 Å². The minimum atomic E-state index is 0.695. The van der Waals surface area contributed by atoms with E-state index in [4.69, 9.17) is 4.42 Å². The second kappa shape index (κ2) is 6.79. The molecule has 0 fully saturated rings. The van der Waals surface area contributed by atoms with Crippen LogP contribution in [0.25, 0.3) is 10.9 Å². The van der Waals surface area contributed by atoms with Crippen molar-refractivity contribution >= 4 is 16.7 Å². The zero-order valence-electron chi connectivity index (χ0n) is 13.9. The van der Waals surface area contributed by atoms with Crippen molar-refractivity contribution in [1.82, 2.24) is 14.9 Å². The van der Waals surface area contributed by atoms with Crippen molar-refractivity contribution in [3.8, 4) is 0 Å². The first-order valence-electron chi connectivity index (χ1n) is 7.77. The predicted molar refractivity (Wildman–Crippen MR) is 92.6 cm³/mol. The Morgan fingerprint density at radius 1 is 1.09 bits per heavy atom. The monoisotopic (exact) mass is 310 g/mol. The molecule has 0 amide bonds. The van der Waals surface area contributed by atoms with Gasteiger partial charge in [-0.05, 0) is 45.3 Å². The fourth-order valence-corrected chi connectivity index (χ4v) is 2.58. The van der Waals surface area contributed by atoms with Gasteiger partial charge in [-0.1, -0.05) is 11.6 Å². The lowest BCUT2D eigenvalue weighted by Crippen LogP contribution is -2.32. The third-order valence-corrected chi connectivity index (χ3v) is 3.81. The van der Waals surface area contributed by atoms with Crippen molar-refractivity contribution in [2.75, 3.05) is 32.1 Å². The molecule has 0 aliphatic heterocycles. The quantitative estimate of drug-likeness (QED) is 0.700. The van der Waals surface area contributed by atoms with Gasteiger partial charge in [-0.2, -0.15) is 0 Å². The Kier molecular flexibility index (Phi) is 4.57. The molecular weight excluding hydrogens is 288 g/mol. The number of nitrogens with zero attached hydrogens (tertiary/aromatic N) is 4. The molecule has 0 bridgehead atoms. The van der Waals surface area contributed by atoms with E-state index in [9.17, 15) is 0 Å². The average molecular weight is 310 g/mol. The summed E-state index contributed by atoms with van der Waals surface area (Å²) in [5, 5.41) is 1.08. The van der Waals surface area contributed by atoms with Crippen LogP contribution in [0.1, 0.15) is 11.3 Å². The van der Waals surface area contributed by atoms with Gasteiger partial charge in [0.25, 0.3) is 0 Å². The Bertz CT molecular complexity index is 768. The van der Waals surface area contributed by atoms with Crippen molar-refractivity contribution in [3.63, 3.8) is 0 Å². The second-order valence-corrected chi connectivity index (χ2v) is 6.02. The molecule has 0 saturated heterocycles. The van der Waals surface area contributed by atoms with Gasteiger partial charge in [-0.3, -0.25) is 0 Å². The number of fused-ring (bicyclic) bond motifs is 1. The summed E-state index contributed by atoms with van der Waals surface area (Å²) < 4.78 is 5.53. The Balaban J connectivity index is 1.99. The van der Waals surface area contributed by atoms with Crippen LogP contribution in [-0.2, 0) is 6.54 Å². The molecule has 0 N–H and O–H groups in total. The van der Waals surface area contributed by atoms with Crippen LogP contribution in [0, 0.1) is 6.92 Å². The van der Waals surface area contributed by atoms with E-state index in [1.165, 1.54) is 5.56 Å². The van der Waals surface area contributed by atoms with Crippen LogP contribution >= 0.6 is 0 Å². The number of likely N-dealkylation sites (N-methyl/N-ethyl adjacent to an activating group) is 1. The number of benzene rings is 1. The van der Waals surface area contributed by atoms with Gasteiger partial charge in [0.1, 0.15) is 17.9 Å². The summed E-state index contributed by atoms with van der Waals surface area (Å²) in [6, 6.07) is 10.2. The summed E-state index contributed by atoms with van der Waals surface area (Å²) in [6.45, 7) is 4.60. The van der Waals surface area contributed by atoms with Gasteiger partial charge in [0, 0.05) is 18.5 Å². The molecular formula is C18H22N4O. The van der Waals surface area contributed by atoms with Crippen LogP contribution in [0.4, 0.5) is 5.82 Å². The highest BCUT2D eigenvalue weighted by Crippen LogP contribution is 2.25. The Labute approximate surface area is 136 Å². The highest BCUT2D eigenvalue weighted by molar-refractivity contribution is 5.89. The number of rotatable bonds is 6. The first-order chi connectivity index (χ1) is 11.1. The third-order valence-electron chi connectivity index (χ3n) is 3.81. The van der Waals surface area contributed by atoms with Crippen molar-refractivity contribution < 1.29 is 4.42 Å². The van der Waals surface area contributed by atoms with Gasteiger partial charge in [0.2, 0.25) is 0 Å². The van der Waals surface area contributed by atoms with Crippen molar-refractivity contribution in [2.24, 2.45) is 0 Å². The summed E-state index contributed by atoms with van der Waals surface area (Å²) >= 11 is 0. The molecule has 3 aromatic rings. The highest BCUT2D eigenvalue weighted by atomic mass is 16.3. The molecule has 0 radical (unpaired) electrons. The van der Waals surface area contributed by atoms with Crippen LogP contribution in [0.15, 0.2) is 47.3 Å². The van der Waals surface area contributed by atoms with Crippen molar-refractivity contribution in [1.29, 1.82) is 0 Å². The number of aromatic nitrogens is 2. The molecule has 120 valence electrons. The first kappa shape index (κ1) is 15.5. The Morgan fingerprint density at radius 2 is 1.96 bits per heavy atom. The minimum Gasteiger partial charge on any atom is -0.467 e. The normalized spacial score (nSPS) is 11.3. The third kappa shape index (κ3) is 3.68. The molecule has 5 nitrogen and oxygen atoms in total. The van der Waals surface area contributed by atoms with E-state index in [1.54, 1.807) is 12.6 Å². The van der Waals surface area contributed by atoms with Gasteiger partial charge >= 0.3 is 0 Å². The lowest BCUT2D eigenvalue weighted by Gasteiger charge is -2.25. The first-order valence-corrected chi connectivity index (χ1v) is 7.77. The molecule has 0 saturated carbocycles. The van der Waals surface area contributed by atoms with Gasteiger partial charge in [-0.25, -0.2) is 9.97 Å². The number of aryl methyl sites for hydroxylation is 1. The Morgan fingerprint density at radius 3 is 2.70 bits per heavy atom. The summed E-state index contributed by atoms with van der Waals surface area (Å²) in [4.78, 5) is 13.4. The van der Waals surface area contributed by atoms with Crippen molar-refractivity contribution in [3.05, 3.63) is 54.2 Å². The summed E-state index contributed by atoms with van der Waals surface area (Å²) in [5.74, 6) is 1.89. The SMILES string of the molecule is Cc1ccc2ncnc(N(CCN(C)C)Cc3ccco3)c2c1. The standard InChI is InChI=1S/C18H22N4O/c1-14-6-7-17-16(11-14)18(20-13-19-17)22(9-8-21(2)3)12-15-5-4-10-23-15/h4-7,10-11,13H,8-9,12H2,1-3H3. The van der Waals surface area contributed by atoms with E-state index in [2.05, 4.69) is 52.9 Å². The molecule has 23 heavy (non-hydrogen) atoms. The fourth-order valence-electron chi connectivity index (χ4n) is 2.58. The zero-order valence-corrected chi connectivity index (χ0v) is 13.9. The molecule has 3 rings (SSSR count). The van der Waals surface area contributed by atoms with E-state index in [-0.39, 0.29) is 0 Å². The van der Waals surface area contributed by atoms with Gasteiger partial charge < -0.3 is 14.2 Å². The summed E-state index contributed by atoms with van der Waals surface area (Å²) in [6.07, 6.45) is 3.35. The topological polar surface area (TPSA) is 45.4 Å². The molecule has 2 heterocycles. The van der Waals surface area contributed by atoms with E-state index >= 15 is 0 Å². The molecule has 5 heteroatoms. The molecule has 0 aliphatic carbocycles. The van der Waals surface area contributed by atoms with Crippen LogP contribution in [0.2, 0.25) is 0 Å². The van der Waals surface area contributed by atoms with Gasteiger partial charge in [0.05, 0.1) is 18.3 Å². The second-order valence-electron chi connectivity index (χ2n) is 6.02. The number of hydrogen-bond donors (Lipinski definition) is 0. The maximum absolute atomic E-state index is 5.53. The van der Waals surface area contributed by atoms with Crippen LogP contribution < -0.4 is 4.90 Å². The number of furan rings is 1. The average Bonchev–Trinajstić information content (AvgIpc) is 3.04. The zero-order chi connectivity index (χ0) is 16.2. The smallest absolute Gasteiger partial charge is 0.140 e. The van der Waals surface area contributed by atoms with Crippen LogP contribution in [0.5, 0.6) is 0 Å². The van der Waals surface area contributed by atoms with Crippen LogP contribution in [-0.4, -0.2) is 42.1 Å². The van der Waals surface area contributed by atoms with Crippen LogP contribution in [0.3, 0.4) is 0 Å². The molecule has 1 aromatic carbocycles. The fraction of sp³-hybridized carbons (Fsp3) is 0.333. The lowest BCUT2D eigenvalue weighted by molar-refractivity contribution is 0.407. The molecule has 0 unspecified atom stereocenters. The molecule has 0 spiro atoms. The largest absolute Gasteiger partial charge is 0.467 e. The molecule has 2 aromatic heterocycles. The number of anilines is 1. The van der Waals surface area contributed by atoms with Crippen molar-refractivity contribution in [2.45, 2.75) is 13.5 Å². The number of hydrogen-bond acceptors (Lipinski definition) is 5. The maximum Gasteiger partial charge on any atom is 0.140 e. The summed E-state index contributed by atoms with van der Waals surface area (Å²) in [7, 11) is 4.15. The minimum absolute atomic E-state index is 0.695.